The van der Waals surface area contributed by atoms with Crippen molar-refractivity contribution >= 4 is 5.91 Å². The number of benzene rings is 1. The second-order valence-electron chi connectivity index (χ2n) is 6.51. The van der Waals surface area contributed by atoms with E-state index in [1.165, 1.54) is 5.56 Å². The van der Waals surface area contributed by atoms with Crippen LogP contribution in [0.15, 0.2) is 24.3 Å². The predicted octanol–water partition coefficient (Wildman–Crippen LogP) is 3.72. The molecular formula is C17H24N2O. The minimum atomic E-state index is -0.390. The first-order valence-corrected chi connectivity index (χ1v) is 7.03. The zero-order chi connectivity index (χ0) is 15.3. The Balaban J connectivity index is 2.77. The van der Waals surface area contributed by atoms with Gasteiger partial charge in [0.1, 0.15) is 0 Å². The normalized spacial score (nSPS) is 12.8. The van der Waals surface area contributed by atoms with E-state index in [-0.39, 0.29) is 17.9 Å². The van der Waals surface area contributed by atoms with Gasteiger partial charge in [-0.3, -0.25) is 4.79 Å². The first-order valence-electron chi connectivity index (χ1n) is 7.03. The van der Waals surface area contributed by atoms with Crippen LogP contribution in [0, 0.1) is 11.3 Å². The second kappa shape index (κ2) is 6.56. The molecule has 0 aromatic heterocycles. The summed E-state index contributed by atoms with van der Waals surface area (Å²) in [5.74, 6) is -0.00989. The van der Waals surface area contributed by atoms with Gasteiger partial charge in [-0.1, -0.05) is 38.1 Å². The molecule has 0 saturated carbocycles. The number of amides is 1. The number of nitrogens with one attached hydrogen (secondary N) is 1. The fourth-order valence-corrected chi connectivity index (χ4v) is 2.01. The van der Waals surface area contributed by atoms with Crippen LogP contribution < -0.4 is 5.32 Å². The summed E-state index contributed by atoms with van der Waals surface area (Å²) < 4.78 is 0. The fourth-order valence-electron chi connectivity index (χ4n) is 2.01. The third-order valence-electron chi connectivity index (χ3n) is 3.07. The number of nitrogens with zero attached hydrogens (tertiary/aromatic N) is 1. The van der Waals surface area contributed by atoms with Gasteiger partial charge in [0.25, 0.3) is 0 Å². The van der Waals surface area contributed by atoms with Gasteiger partial charge in [-0.25, -0.2) is 0 Å². The highest BCUT2D eigenvalue weighted by Crippen LogP contribution is 2.22. The monoisotopic (exact) mass is 272 g/mol. The molecule has 0 aliphatic heterocycles. The Hall–Kier alpha value is -1.82. The van der Waals surface area contributed by atoms with Crippen molar-refractivity contribution in [3.63, 3.8) is 0 Å². The zero-order valence-corrected chi connectivity index (χ0v) is 13.0. The van der Waals surface area contributed by atoms with E-state index in [1.807, 2.05) is 45.0 Å². The molecule has 0 heterocycles. The Morgan fingerprint density at radius 3 is 2.10 bits per heavy atom. The van der Waals surface area contributed by atoms with Crippen molar-refractivity contribution in [2.45, 2.75) is 58.4 Å². The van der Waals surface area contributed by atoms with Crippen LogP contribution in [0.4, 0.5) is 0 Å². The molecule has 3 heteroatoms. The molecule has 1 aromatic carbocycles. The van der Waals surface area contributed by atoms with Crippen molar-refractivity contribution in [3.05, 3.63) is 35.4 Å². The van der Waals surface area contributed by atoms with E-state index in [2.05, 4.69) is 25.2 Å². The lowest BCUT2D eigenvalue weighted by Crippen LogP contribution is -2.41. The van der Waals surface area contributed by atoms with E-state index in [0.717, 1.165) is 5.56 Å². The summed E-state index contributed by atoms with van der Waals surface area (Å²) >= 11 is 0. The fraction of sp³-hybridized carbons (Fsp3) is 0.529. The third-order valence-corrected chi connectivity index (χ3v) is 3.07. The van der Waals surface area contributed by atoms with E-state index >= 15 is 0 Å². The van der Waals surface area contributed by atoms with E-state index in [4.69, 9.17) is 0 Å². The van der Waals surface area contributed by atoms with E-state index < -0.39 is 5.92 Å². The van der Waals surface area contributed by atoms with E-state index in [1.54, 1.807) is 0 Å². The Morgan fingerprint density at radius 1 is 1.20 bits per heavy atom. The van der Waals surface area contributed by atoms with Gasteiger partial charge in [0.05, 0.1) is 12.0 Å². The molecule has 3 nitrogen and oxygen atoms in total. The summed E-state index contributed by atoms with van der Waals surface area (Å²) in [4.78, 5) is 11.9. The molecule has 0 radical (unpaired) electrons. The maximum absolute atomic E-state index is 11.9. The van der Waals surface area contributed by atoms with Crippen LogP contribution in [-0.4, -0.2) is 11.4 Å². The first kappa shape index (κ1) is 16.2. The van der Waals surface area contributed by atoms with Crippen LogP contribution in [0.5, 0.6) is 0 Å². The summed E-state index contributed by atoms with van der Waals surface area (Å²) in [5.41, 5.74) is 1.88. The quantitative estimate of drug-likeness (QED) is 0.908. The number of carbonyl (C=O) groups excluding carboxylic acids is 1. The average molecular weight is 272 g/mol. The van der Waals surface area contributed by atoms with Crippen LogP contribution in [0.2, 0.25) is 0 Å². The Bertz CT molecular complexity index is 489. The maximum atomic E-state index is 11.9. The highest BCUT2D eigenvalue weighted by atomic mass is 16.1. The Kier molecular flexibility index (Phi) is 5.33. The molecule has 1 rings (SSSR count). The predicted molar refractivity (Wildman–Crippen MR) is 81.4 cm³/mol. The lowest BCUT2D eigenvalue weighted by atomic mass is 9.93. The first-order chi connectivity index (χ1) is 9.23. The lowest BCUT2D eigenvalue weighted by Gasteiger charge is -2.21. The van der Waals surface area contributed by atoms with Gasteiger partial charge in [-0.05, 0) is 37.8 Å². The highest BCUT2D eigenvalue weighted by molar-refractivity contribution is 5.78. The standard InChI is InChI=1S/C17H24N2O/c1-12(2)13-6-8-14(9-7-13)15(11-18)10-16(20)19-17(3,4)5/h6-9,12,15H,10H2,1-5H3,(H,19,20). The van der Waals surface area contributed by atoms with Gasteiger partial charge in [0.2, 0.25) is 5.91 Å². The second-order valence-corrected chi connectivity index (χ2v) is 6.51. The molecule has 1 atom stereocenters. The van der Waals surface area contributed by atoms with E-state index in [0.29, 0.717) is 5.92 Å². The van der Waals surface area contributed by atoms with Gasteiger partial charge in [0, 0.05) is 12.0 Å². The summed E-state index contributed by atoms with van der Waals surface area (Å²) in [6.45, 7) is 10.1. The van der Waals surface area contributed by atoms with Gasteiger partial charge < -0.3 is 5.32 Å². The van der Waals surface area contributed by atoms with Crippen LogP contribution in [0.1, 0.15) is 64.0 Å². The molecule has 108 valence electrons. The molecule has 0 saturated heterocycles. The molecule has 1 amide bonds. The topological polar surface area (TPSA) is 52.9 Å². The van der Waals surface area contributed by atoms with Crippen molar-refractivity contribution in [1.29, 1.82) is 5.26 Å². The largest absolute Gasteiger partial charge is 0.351 e. The van der Waals surface area contributed by atoms with Crippen LogP contribution >= 0.6 is 0 Å². The van der Waals surface area contributed by atoms with Crippen molar-refractivity contribution in [1.82, 2.24) is 5.32 Å². The molecule has 0 bridgehead atoms. The van der Waals surface area contributed by atoms with E-state index in [9.17, 15) is 10.1 Å². The molecular weight excluding hydrogens is 248 g/mol. The van der Waals surface area contributed by atoms with Crippen molar-refractivity contribution in [2.75, 3.05) is 0 Å². The van der Waals surface area contributed by atoms with Crippen LogP contribution in [0.25, 0.3) is 0 Å². The molecule has 20 heavy (non-hydrogen) atoms. The smallest absolute Gasteiger partial charge is 0.222 e. The lowest BCUT2D eigenvalue weighted by molar-refractivity contribution is -0.122. The Labute approximate surface area is 122 Å². The summed E-state index contributed by atoms with van der Waals surface area (Å²) in [6.07, 6.45) is 0.203. The van der Waals surface area contributed by atoms with Gasteiger partial charge in [-0.2, -0.15) is 5.26 Å². The van der Waals surface area contributed by atoms with Crippen molar-refractivity contribution in [2.24, 2.45) is 0 Å². The molecule has 0 fully saturated rings. The third kappa shape index (κ3) is 5.05. The molecule has 0 aliphatic rings. The average Bonchev–Trinajstić information content (AvgIpc) is 2.34. The summed E-state index contributed by atoms with van der Waals surface area (Å²) in [5, 5.41) is 12.2. The summed E-state index contributed by atoms with van der Waals surface area (Å²) in [7, 11) is 0. The molecule has 1 aromatic rings. The van der Waals surface area contributed by atoms with Gasteiger partial charge in [0.15, 0.2) is 0 Å². The minimum Gasteiger partial charge on any atom is -0.351 e. The van der Waals surface area contributed by atoms with Crippen molar-refractivity contribution < 1.29 is 4.79 Å². The minimum absolute atomic E-state index is 0.0861. The van der Waals surface area contributed by atoms with Gasteiger partial charge in [-0.15, -0.1) is 0 Å². The molecule has 1 unspecified atom stereocenters. The van der Waals surface area contributed by atoms with Crippen LogP contribution in [0.3, 0.4) is 0 Å². The number of nitriles is 1. The number of hydrogen-bond acceptors (Lipinski definition) is 2. The maximum Gasteiger partial charge on any atom is 0.222 e. The molecule has 0 aliphatic carbocycles. The summed E-state index contributed by atoms with van der Waals surface area (Å²) in [6, 6.07) is 10.2. The molecule has 1 N–H and O–H groups in total. The number of carbonyl (C=O) groups is 1. The molecule has 0 spiro atoms. The van der Waals surface area contributed by atoms with Gasteiger partial charge >= 0.3 is 0 Å². The number of rotatable bonds is 4. The number of hydrogen-bond donors (Lipinski definition) is 1. The van der Waals surface area contributed by atoms with Crippen molar-refractivity contribution in [3.8, 4) is 6.07 Å². The zero-order valence-electron chi connectivity index (χ0n) is 13.0. The SMILES string of the molecule is CC(C)c1ccc(C(C#N)CC(=O)NC(C)(C)C)cc1. The highest BCUT2D eigenvalue weighted by Gasteiger charge is 2.19. The van der Waals surface area contributed by atoms with Crippen LogP contribution in [-0.2, 0) is 4.79 Å². The Morgan fingerprint density at radius 2 is 1.70 bits per heavy atom.